The Balaban J connectivity index is 1.55. The fourth-order valence-electron chi connectivity index (χ4n) is 2.98. The second kappa shape index (κ2) is 6.81. The van der Waals surface area contributed by atoms with E-state index in [4.69, 9.17) is 0 Å². The van der Waals surface area contributed by atoms with Crippen LogP contribution in [0.25, 0.3) is 0 Å². The van der Waals surface area contributed by atoms with Crippen LogP contribution in [0, 0.1) is 5.82 Å². The van der Waals surface area contributed by atoms with Gasteiger partial charge in [-0.1, -0.05) is 24.3 Å². The van der Waals surface area contributed by atoms with Gasteiger partial charge in [-0.15, -0.1) is 0 Å². The monoisotopic (exact) mass is 333 g/mol. The highest BCUT2D eigenvalue weighted by Gasteiger charge is 2.18. The summed E-state index contributed by atoms with van der Waals surface area (Å²) < 4.78 is 37.4. The molecule has 3 rings (SSSR count). The number of hydrogen-bond acceptors (Lipinski definition) is 3. The summed E-state index contributed by atoms with van der Waals surface area (Å²) in [5.41, 5.74) is 2.72. The summed E-state index contributed by atoms with van der Waals surface area (Å²) in [5.74, 6) is -0.326. The van der Waals surface area contributed by atoms with Gasteiger partial charge in [-0.25, -0.2) is 12.8 Å². The third kappa shape index (κ3) is 3.98. The van der Waals surface area contributed by atoms with Gasteiger partial charge in [-0.3, -0.25) is 4.90 Å². The molecular weight excluding hydrogens is 313 g/mol. The highest BCUT2D eigenvalue weighted by Crippen LogP contribution is 2.19. The van der Waals surface area contributed by atoms with Crippen molar-refractivity contribution in [2.24, 2.45) is 0 Å². The number of hydrogen-bond donors (Lipinski definition) is 0. The van der Waals surface area contributed by atoms with Crippen LogP contribution in [0.1, 0.15) is 17.5 Å². The fourth-order valence-corrected chi connectivity index (χ4v) is 4.28. The van der Waals surface area contributed by atoms with Crippen LogP contribution in [0.15, 0.2) is 53.4 Å². The van der Waals surface area contributed by atoms with E-state index in [9.17, 15) is 12.8 Å². The molecule has 0 unspecified atom stereocenters. The minimum atomic E-state index is -3.33. The third-order valence-corrected chi connectivity index (χ3v) is 6.09. The van der Waals surface area contributed by atoms with Crippen LogP contribution in [-0.4, -0.2) is 32.2 Å². The van der Waals surface area contributed by atoms with E-state index in [0.29, 0.717) is 6.42 Å². The summed E-state index contributed by atoms with van der Waals surface area (Å²) in [6, 6.07) is 13.4. The van der Waals surface area contributed by atoms with Crippen molar-refractivity contribution < 1.29 is 12.8 Å². The Morgan fingerprint density at radius 3 is 2.43 bits per heavy atom. The van der Waals surface area contributed by atoms with E-state index >= 15 is 0 Å². The third-order valence-electron chi connectivity index (χ3n) is 4.27. The van der Waals surface area contributed by atoms with E-state index in [1.807, 2.05) is 6.07 Å². The maximum absolute atomic E-state index is 12.9. The maximum atomic E-state index is 12.9. The van der Waals surface area contributed by atoms with Crippen LogP contribution in [0.2, 0.25) is 0 Å². The number of fused-ring (bicyclic) bond motifs is 1. The molecule has 0 aromatic heterocycles. The first-order chi connectivity index (χ1) is 11.0. The second-order valence-electron chi connectivity index (χ2n) is 5.92. The van der Waals surface area contributed by atoms with Gasteiger partial charge in [0.05, 0.1) is 10.6 Å². The van der Waals surface area contributed by atoms with Crippen LogP contribution >= 0.6 is 0 Å². The van der Waals surface area contributed by atoms with Crippen molar-refractivity contribution in [1.82, 2.24) is 4.90 Å². The topological polar surface area (TPSA) is 37.4 Å². The van der Waals surface area contributed by atoms with Gasteiger partial charge in [0, 0.05) is 13.1 Å². The first-order valence-electron chi connectivity index (χ1n) is 7.82. The number of sulfone groups is 1. The van der Waals surface area contributed by atoms with Crippen LogP contribution in [0.3, 0.4) is 0 Å². The molecule has 23 heavy (non-hydrogen) atoms. The number of halogens is 1. The van der Waals surface area contributed by atoms with Crippen LogP contribution < -0.4 is 0 Å². The lowest BCUT2D eigenvalue weighted by molar-refractivity contribution is 0.255. The van der Waals surface area contributed by atoms with Gasteiger partial charge in [0.15, 0.2) is 9.84 Å². The van der Waals surface area contributed by atoms with E-state index in [1.54, 1.807) is 0 Å². The molecule has 0 radical (unpaired) electrons. The molecule has 5 heteroatoms. The first kappa shape index (κ1) is 16.1. The molecule has 0 saturated carbocycles. The molecule has 0 fully saturated rings. The largest absolute Gasteiger partial charge is 0.299 e. The number of nitrogens with zero attached hydrogens (tertiary/aromatic N) is 1. The first-order valence-corrected chi connectivity index (χ1v) is 9.47. The summed E-state index contributed by atoms with van der Waals surface area (Å²) in [6.07, 6.45) is 1.60. The van der Waals surface area contributed by atoms with E-state index in [1.165, 1.54) is 35.4 Å². The number of benzene rings is 2. The van der Waals surface area contributed by atoms with Gasteiger partial charge in [0.2, 0.25) is 0 Å². The van der Waals surface area contributed by atoms with Crippen molar-refractivity contribution in [3.8, 4) is 0 Å². The van der Waals surface area contributed by atoms with Crippen molar-refractivity contribution in [3.05, 3.63) is 65.5 Å². The normalized spacial score (nSPS) is 15.3. The van der Waals surface area contributed by atoms with Gasteiger partial charge in [-0.2, -0.15) is 0 Å². The zero-order valence-electron chi connectivity index (χ0n) is 12.9. The van der Waals surface area contributed by atoms with E-state index in [0.717, 1.165) is 26.1 Å². The zero-order chi connectivity index (χ0) is 16.3. The smallest absolute Gasteiger partial charge is 0.178 e. The predicted molar refractivity (Wildman–Crippen MR) is 88.5 cm³/mol. The highest BCUT2D eigenvalue weighted by atomic mass is 32.2. The molecule has 3 nitrogen and oxygen atoms in total. The summed E-state index contributed by atoms with van der Waals surface area (Å²) in [6.45, 7) is 2.61. The Bertz CT molecular complexity index is 772. The Hall–Kier alpha value is -1.72. The average Bonchev–Trinajstić information content (AvgIpc) is 2.55. The van der Waals surface area contributed by atoms with Crippen molar-refractivity contribution >= 4 is 9.84 Å². The Morgan fingerprint density at radius 1 is 1.00 bits per heavy atom. The molecule has 1 aliphatic rings. The minimum absolute atomic E-state index is 0.0940. The van der Waals surface area contributed by atoms with Gasteiger partial charge in [0.25, 0.3) is 0 Å². The average molecular weight is 333 g/mol. The SMILES string of the molecule is O=S(=O)(CCCN1CCc2ccccc2C1)c1ccc(F)cc1. The quantitative estimate of drug-likeness (QED) is 0.789. The Labute approximate surface area is 136 Å². The lowest BCUT2D eigenvalue weighted by Gasteiger charge is -2.28. The summed E-state index contributed by atoms with van der Waals surface area (Å²) in [7, 11) is -3.33. The fraction of sp³-hybridized carbons (Fsp3) is 0.333. The lowest BCUT2D eigenvalue weighted by Crippen LogP contribution is -2.32. The van der Waals surface area contributed by atoms with Crippen LogP contribution in [0.4, 0.5) is 4.39 Å². The van der Waals surface area contributed by atoms with Crippen molar-refractivity contribution in [3.63, 3.8) is 0 Å². The van der Waals surface area contributed by atoms with Crippen LogP contribution in [0.5, 0.6) is 0 Å². The minimum Gasteiger partial charge on any atom is -0.299 e. The summed E-state index contributed by atoms with van der Waals surface area (Å²) in [5, 5.41) is 0. The van der Waals surface area contributed by atoms with E-state index < -0.39 is 15.7 Å². The van der Waals surface area contributed by atoms with Crippen LogP contribution in [-0.2, 0) is 22.8 Å². The molecule has 0 bridgehead atoms. The molecule has 0 spiro atoms. The van der Waals surface area contributed by atoms with Gasteiger partial charge < -0.3 is 0 Å². The Kier molecular flexibility index (Phi) is 4.78. The van der Waals surface area contributed by atoms with Crippen molar-refractivity contribution in [1.29, 1.82) is 0 Å². The number of rotatable bonds is 5. The Morgan fingerprint density at radius 2 is 1.70 bits per heavy atom. The maximum Gasteiger partial charge on any atom is 0.178 e. The molecule has 122 valence electrons. The molecule has 1 aliphatic heterocycles. The molecule has 0 N–H and O–H groups in total. The van der Waals surface area contributed by atoms with Crippen molar-refractivity contribution in [2.45, 2.75) is 24.3 Å². The lowest BCUT2D eigenvalue weighted by atomic mass is 10.00. The highest BCUT2D eigenvalue weighted by molar-refractivity contribution is 7.91. The van der Waals surface area contributed by atoms with E-state index in [2.05, 4.69) is 23.1 Å². The standard InChI is InChI=1S/C18H20FNO2S/c19-17-6-8-18(9-7-17)23(21,22)13-3-11-20-12-10-15-4-1-2-5-16(15)14-20/h1-2,4-9H,3,10-14H2. The molecule has 0 amide bonds. The molecule has 0 saturated heterocycles. The predicted octanol–water partition coefficient (Wildman–Crippen LogP) is 3.05. The van der Waals surface area contributed by atoms with Gasteiger partial charge in [0.1, 0.15) is 5.82 Å². The molecule has 0 atom stereocenters. The molecule has 0 aliphatic carbocycles. The molecule has 1 heterocycles. The molecule has 2 aromatic carbocycles. The van der Waals surface area contributed by atoms with Crippen molar-refractivity contribution in [2.75, 3.05) is 18.8 Å². The zero-order valence-corrected chi connectivity index (χ0v) is 13.7. The van der Waals surface area contributed by atoms with Gasteiger partial charge >= 0.3 is 0 Å². The molecule has 2 aromatic rings. The summed E-state index contributed by atoms with van der Waals surface area (Å²) in [4.78, 5) is 2.49. The second-order valence-corrected chi connectivity index (χ2v) is 8.03. The van der Waals surface area contributed by atoms with Gasteiger partial charge in [-0.05, 0) is 54.8 Å². The molecular formula is C18H20FNO2S. The van der Waals surface area contributed by atoms with E-state index in [-0.39, 0.29) is 10.6 Å². The summed E-state index contributed by atoms with van der Waals surface area (Å²) >= 11 is 0.